The second kappa shape index (κ2) is 9.69. The van der Waals surface area contributed by atoms with Gasteiger partial charge in [-0.1, -0.05) is 78.9 Å². The average Bonchev–Trinajstić information content (AvgIpc) is 2.75. The van der Waals surface area contributed by atoms with Crippen molar-refractivity contribution in [2.45, 2.75) is 12.1 Å². The first-order chi connectivity index (χ1) is 13.7. The molecular formula is C23H23NO4. The molecule has 5 nitrogen and oxygen atoms in total. The molecule has 0 aliphatic heterocycles. The van der Waals surface area contributed by atoms with Gasteiger partial charge in [0.1, 0.15) is 11.9 Å². The SMILES string of the molecule is O=C(Oc1ccccc1)N(CCO)[C@H](c1ccccc1)[C@@H](O)c1ccccc1. The number of rotatable bonds is 7. The average molecular weight is 377 g/mol. The first-order valence-corrected chi connectivity index (χ1v) is 9.13. The number of aliphatic hydroxyl groups excluding tert-OH is 2. The summed E-state index contributed by atoms with van der Waals surface area (Å²) >= 11 is 0. The van der Waals surface area contributed by atoms with Gasteiger partial charge in [0.2, 0.25) is 0 Å². The number of carbonyl (C=O) groups is 1. The van der Waals surface area contributed by atoms with Crippen molar-refractivity contribution >= 4 is 6.09 Å². The van der Waals surface area contributed by atoms with Gasteiger partial charge in [-0.15, -0.1) is 0 Å². The lowest BCUT2D eigenvalue weighted by Gasteiger charge is -2.34. The molecule has 0 saturated carbocycles. The van der Waals surface area contributed by atoms with Crippen LogP contribution in [0.4, 0.5) is 4.79 Å². The highest BCUT2D eigenvalue weighted by atomic mass is 16.6. The molecule has 0 radical (unpaired) electrons. The Labute approximate surface area is 164 Å². The molecule has 0 aliphatic rings. The zero-order valence-electron chi connectivity index (χ0n) is 15.4. The molecule has 0 spiro atoms. The van der Waals surface area contributed by atoms with Gasteiger partial charge in [0.05, 0.1) is 12.6 Å². The number of aliphatic hydroxyl groups is 2. The van der Waals surface area contributed by atoms with E-state index < -0.39 is 18.2 Å². The van der Waals surface area contributed by atoms with Gasteiger partial charge in [-0.2, -0.15) is 0 Å². The smallest absolute Gasteiger partial charge is 0.410 e. The third kappa shape index (κ3) is 4.76. The minimum absolute atomic E-state index is 0.0229. The number of hydrogen-bond acceptors (Lipinski definition) is 4. The second-order valence-corrected chi connectivity index (χ2v) is 6.31. The highest BCUT2D eigenvalue weighted by Crippen LogP contribution is 2.34. The lowest BCUT2D eigenvalue weighted by atomic mass is 9.94. The van der Waals surface area contributed by atoms with Crippen molar-refractivity contribution in [3.63, 3.8) is 0 Å². The Hall–Kier alpha value is -3.15. The highest BCUT2D eigenvalue weighted by Gasteiger charge is 2.33. The van der Waals surface area contributed by atoms with Crippen LogP contribution in [0.1, 0.15) is 23.3 Å². The van der Waals surface area contributed by atoms with Crippen LogP contribution in [0.3, 0.4) is 0 Å². The van der Waals surface area contributed by atoms with Gasteiger partial charge in [0.15, 0.2) is 0 Å². The van der Waals surface area contributed by atoms with E-state index in [4.69, 9.17) is 4.74 Å². The Morgan fingerprint density at radius 1 is 0.821 bits per heavy atom. The molecule has 0 unspecified atom stereocenters. The molecule has 0 bridgehead atoms. The van der Waals surface area contributed by atoms with Crippen molar-refractivity contribution in [3.8, 4) is 5.75 Å². The van der Waals surface area contributed by atoms with Crippen LogP contribution in [0.15, 0.2) is 91.0 Å². The molecule has 5 heteroatoms. The topological polar surface area (TPSA) is 70.0 Å². The van der Waals surface area contributed by atoms with Gasteiger partial charge in [-0.3, -0.25) is 4.90 Å². The fourth-order valence-electron chi connectivity index (χ4n) is 3.12. The van der Waals surface area contributed by atoms with E-state index >= 15 is 0 Å². The molecule has 3 aromatic carbocycles. The van der Waals surface area contributed by atoms with Gasteiger partial charge < -0.3 is 14.9 Å². The standard InChI is InChI=1S/C23H23NO4/c25-17-16-24(23(27)28-20-14-8-3-9-15-20)21(18-10-4-1-5-11-18)22(26)19-12-6-2-7-13-19/h1-15,21-22,25-26H,16-17H2/t21-,22+/m1/s1. The van der Waals surface area contributed by atoms with E-state index in [-0.39, 0.29) is 13.2 Å². The summed E-state index contributed by atoms with van der Waals surface area (Å²) in [4.78, 5) is 14.3. The van der Waals surface area contributed by atoms with Crippen LogP contribution >= 0.6 is 0 Å². The third-order valence-corrected chi connectivity index (χ3v) is 4.44. The van der Waals surface area contributed by atoms with Crippen molar-refractivity contribution in [1.82, 2.24) is 4.90 Å². The Kier molecular flexibility index (Phi) is 6.78. The fourth-order valence-corrected chi connectivity index (χ4v) is 3.12. The number of hydrogen-bond donors (Lipinski definition) is 2. The summed E-state index contributed by atoms with van der Waals surface area (Å²) in [7, 11) is 0. The number of benzene rings is 3. The van der Waals surface area contributed by atoms with E-state index in [0.717, 1.165) is 5.56 Å². The van der Waals surface area contributed by atoms with E-state index in [9.17, 15) is 15.0 Å². The van der Waals surface area contributed by atoms with Crippen LogP contribution in [-0.2, 0) is 0 Å². The molecule has 0 aliphatic carbocycles. The monoisotopic (exact) mass is 377 g/mol. The Morgan fingerprint density at radius 2 is 1.32 bits per heavy atom. The Morgan fingerprint density at radius 3 is 1.86 bits per heavy atom. The van der Waals surface area contributed by atoms with Crippen molar-refractivity contribution in [2.75, 3.05) is 13.2 Å². The molecule has 2 atom stereocenters. The van der Waals surface area contributed by atoms with Gasteiger partial charge in [0, 0.05) is 6.54 Å². The van der Waals surface area contributed by atoms with Crippen LogP contribution < -0.4 is 4.74 Å². The molecule has 0 heterocycles. The van der Waals surface area contributed by atoms with Gasteiger partial charge in [-0.05, 0) is 23.3 Å². The van der Waals surface area contributed by atoms with Crippen LogP contribution in [0.25, 0.3) is 0 Å². The third-order valence-electron chi connectivity index (χ3n) is 4.44. The number of para-hydroxylation sites is 1. The van der Waals surface area contributed by atoms with Crippen LogP contribution in [0.2, 0.25) is 0 Å². The van der Waals surface area contributed by atoms with Crippen molar-refractivity contribution in [2.24, 2.45) is 0 Å². The normalized spacial score (nSPS) is 12.8. The molecule has 0 fully saturated rings. The van der Waals surface area contributed by atoms with E-state index in [1.807, 2.05) is 54.6 Å². The first kappa shape index (κ1) is 19.6. The number of ether oxygens (including phenoxy) is 1. The lowest BCUT2D eigenvalue weighted by Crippen LogP contribution is -2.41. The fraction of sp³-hybridized carbons (Fsp3) is 0.174. The maximum Gasteiger partial charge on any atom is 0.415 e. The number of carbonyl (C=O) groups excluding carboxylic acids is 1. The maximum atomic E-state index is 12.9. The first-order valence-electron chi connectivity index (χ1n) is 9.13. The zero-order valence-corrected chi connectivity index (χ0v) is 15.4. The van der Waals surface area contributed by atoms with Gasteiger partial charge in [0.25, 0.3) is 0 Å². The molecule has 28 heavy (non-hydrogen) atoms. The zero-order chi connectivity index (χ0) is 19.8. The molecule has 0 aromatic heterocycles. The molecule has 3 rings (SSSR count). The van der Waals surface area contributed by atoms with E-state index in [0.29, 0.717) is 11.3 Å². The van der Waals surface area contributed by atoms with Crippen LogP contribution in [0.5, 0.6) is 5.75 Å². The summed E-state index contributed by atoms with van der Waals surface area (Å²) in [5, 5.41) is 20.7. The largest absolute Gasteiger partial charge is 0.415 e. The van der Waals surface area contributed by atoms with Gasteiger partial charge in [-0.25, -0.2) is 4.79 Å². The van der Waals surface area contributed by atoms with E-state index in [1.165, 1.54) is 4.90 Å². The quantitative estimate of drug-likeness (QED) is 0.654. The molecule has 3 aromatic rings. The summed E-state index contributed by atoms with van der Waals surface area (Å²) in [5.41, 5.74) is 1.42. The predicted molar refractivity (Wildman–Crippen MR) is 107 cm³/mol. The molecule has 1 amide bonds. The number of amides is 1. The molecule has 0 saturated heterocycles. The molecular weight excluding hydrogens is 354 g/mol. The predicted octanol–water partition coefficient (Wildman–Crippen LogP) is 3.95. The van der Waals surface area contributed by atoms with Crippen molar-refractivity contribution < 1.29 is 19.7 Å². The molecule has 144 valence electrons. The summed E-state index contributed by atoms with van der Waals surface area (Å²) in [6, 6.07) is 26.4. The van der Waals surface area contributed by atoms with Crippen molar-refractivity contribution in [1.29, 1.82) is 0 Å². The maximum absolute atomic E-state index is 12.9. The van der Waals surface area contributed by atoms with Gasteiger partial charge >= 0.3 is 6.09 Å². The molecule has 2 N–H and O–H groups in total. The van der Waals surface area contributed by atoms with Crippen LogP contribution in [0, 0.1) is 0 Å². The van der Waals surface area contributed by atoms with Crippen LogP contribution in [-0.4, -0.2) is 34.4 Å². The van der Waals surface area contributed by atoms with Crippen molar-refractivity contribution in [3.05, 3.63) is 102 Å². The highest BCUT2D eigenvalue weighted by molar-refractivity contribution is 5.71. The number of nitrogens with zero attached hydrogens (tertiary/aromatic N) is 1. The Bertz CT molecular complexity index is 856. The summed E-state index contributed by atoms with van der Waals surface area (Å²) in [6.07, 6.45) is -1.62. The lowest BCUT2D eigenvalue weighted by molar-refractivity contribution is 0.0416. The second-order valence-electron chi connectivity index (χ2n) is 6.31. The summed E-state index contributed by atoms with van der Waals surface area (Å²) < 4.78 is 5.48. The summed E-state index contributed by atoms with van der Waals surface area (Å²) in [5.74, 6) is 0.399. The van der Waals surface area contributed by atoms with E-state index in [2.05, 4.69) is 0 Å². The minimum atomic E-state index is -0.988. The Balaban J connectivity index is 1.96. The van der Waals surface area contributed by atoms with E-state index in [1.54, 1.807) is 36.4 Å². The summed E-state index contributed by atoms with van der Waals surface area (Å²) in [6.45, 7) is -0.232. The minimum Gasteiger partial charge on any atom is -0.410 e.